The summed E-state index contributed by atoms with van der Waals surface area (Å²) in [5, 5.41) is 0. The maximum absolute atomic E-state index is 15.7. The van der Waals surface area contributed by atoms with Crippen LogP contribution in [0.1, 0.15) is 113 Å². The molecule has 1 aliphatic carbocycles. The third-order valence-corrected chi connectivity index (χ3v) is 15.7. The van der Waals surface area contributed by atoms with E-state index in [1.54, 1.807) is 0 Å². The highest BCUT2D eigenvalue weighted by Gasteiger charge is 2.53. The number of ketones is 2. The molecule has 0 heterocycles. The lowest BCUT2D eigenvalue weighted by atomic mass is 9.68. The number of anilines is 6. The molecule has 0 saturated carbocycles. The molecule has 0 atom stereocenters. The molecule has 0 aliphatic heterocycles. The molecule has 0 N–H and O–H groups in total. The zero-order valence-electron chi connectivity index (χ0n) is 45.5. The van der Waals surface area contributed by atoms with Crippen molar-refractivity contribution in [1.29, 1.82) is 0 Å². The zero-order chi connectivity index (χ0) is 53.1. The lowest BCUT2D eigenvalue weighted by Crippen LogP contribution is -2.43. The van der Waals surface area contributed by atoms with Gasteiger partial charge in [0.1, 0.15) is 5.41 Å². The second-order valence-corrected chi connectivity index (χ2v) is 21.1. The summed E-state index contributed by atoms with van der Waals surface area (Å²) in [6.45, 7) is 8.67. The molecule has 0 aromatic heterocycles. The number of hydrogen-bond acceptors (Lipinski definition) is 4. The topological polar surface area (TPSA) is 40.6 Å². The van der Waals surface area contributed by atoms with Gasteiger partial charge in [0.25, 0.3) is 0 Å². The highest BCUT2D eigenvalue weighted by Crippen LogP contribution is 2.54. The second kappa shape index (κ2) is 24.3. The Morgan fingerprint density at radius 2 is 0.610 bits per heavy atom. The minimum atomic E-state index is -1.42. The molecule has 0 amide bonds. The molecule has 0 saturated heterocycles. The smallest absolute Gasteiger partial charge is 0.155 e. The molecule has 4 nitrogen and oxygen atoms in total. The number of para-hydroxylation sites is 2. The van der Waals surface area contributed by atoms with Gasteiger partial charge in [0.05, 0.1) is 0 Å². The first-order valence-electron chi connectivity index (χ1n) is 28.3. The van der Waals surface area contributed by atoms with Crippen LogP contribution in [0.5, 0.6) is 0 Å². The maximum atomic E-state index is 15.7. The van der Waals surface area contributed by atoms with Gasteiger partial charge in [0.2, 0.25) is 0 Å². The first-order valence-corrected chi connectivity index (χ1v) is 28.3. The molecule has 77 heavy (non-hydrogen) atoms. The van der Waals surface area contributed by atoms with Crippen molar-refractivity contribution in [3.05, 3.63) is 241 Å². The summed E-state index contributed by atoms with van der Waals surface area (Å²) in [4.78, 5) is 35.9. The molecule has 0 bridgehead atoms. The van der Waals surface area contributed by atoms with Gasteiger partial charge in [0, 0.05) is 47.0 Å². The monoisotopic (exact) mass is 1010 g/mol. The lowest BCUT2D eigenvalue weighted by molar-refractivity contribution is -0.133. The molecule has 386 valence electrons. The van der Waals surface area contributed by atoms with E-state index in [4.69, 9.17) is 0 Å². The molecule has 9 aromatic carbocycles. The van der Waals surface area contributed by atoms with Crippen LogP contribution in [0, 0.1) is 13.8 Å². The Morgan fingerprint density at radius 1 is 0.325 bits per heavy atom. The van der Waals surface area contributed by atoms with Crippen LogP contribution in [0.3, 0.4) is 0 Å². The molecular formula is C73H72N2O2. The van der Waals surface area contributed by atoms with Crippen molar-refractivity contribution < 1.29 is 9.59 Å². The molecule has 10 rings (SSSR count). The molecule has 0 spiro atoms. The van der Waals surface area contributed by atoms with E-state index in [1.807, 2.05) is 6.07 Å². The quantitative estimate of drug-likeness (QED) is 0.0473. The molecule has 9 aromatic rings. The normalized spacial score (nSPS) is 12.2. The number of hydrogen-bond donors (Lipinski definition) is 0. The SMILES string of the molecule is CCCCCCCC(=O)C1(C(=O)CCCCCCC)c2cc(-c3ccc(N(c4ccccc4)c4ccc(C)cc4)cc3)ccc2-c2ccc(-c3ccc(N(c4ccccc4)c4ccc(-c5ccc(C)cc5)cc4)cc3)cc21. The van der Waals surface area contributed by atoms with Crippen LogP contribution in [0.15, 0.2) is 218 Å². The zero-order valence-corrected chi connectivity index (χ0v) is 45.5. The molecular weight excluding hydrogens is 937 g/mol. The van der Waals surface area contributed by atoms with Crippen LogP contribution in [0.2, 0.25) is 0 Å². The summed E-state index contributed by atoms with van der Waals surface area (Å²) >= 11 is 0. The van der Waals surface area contributed by atoms with E-state index in [2.05, 4.69) is 250 Å². The highest BCUT2D eigenvalue weighted by molar-refractivity contribution is 6.20. The van der Waals surface area contributed by atoms with E-state index in [0.29, 0.717) is 12.8 Å². The third-order valence-electron chi connectivity index (χ3n) is 15.7. The number of fused-ring (bicyclic) bond motifs is 3. The van der Waals surface area contributed by atoms with Gasteiger partial charge in [-0.15, -0.1) is 0 Å². The summed E-state index contributed by atoms with van der Waals surface area (Å²) in [5.41, 5.74) is 17.4. The van der Waals surface area contributed by atoms with E-state index in [-0.39, 0.29) is 11.6 Å². The van der Waals surface area contributed by atoms with E-state index < -0.39 is 5.41 Å². The van der Waals surface area contributed by atoms with Gasteiger partial charge in [0.15, 0.2) is 11.6 Å². The molecule has 4 heteroatoms. The van der Waals surface area contributed by atoms with Crippen molar-refractivity contribution >= 4 is 45.7 Å². The van der Waals surface area contributed by atoms with Gasteiger partial charge >= 0.3 is 0 Å². The van der Waals surface area contributed by atoms with Gasteiger partial charge in [-0.3, -0.25) is 9.59 Å². The maximum Gasteiger partial charge on any atom is 0.155 e. The lowest BCUT2D eigenvalue weighted by Gasteiger charge is -2.30. The predicted molar refractivity (Wildman–Crippen MR) is 325 cm³/mol. The van der Waals surface area contributed by atoms with Crippen LogP contribution >= 0.6 is 0 Å². The molecule has 0 unspecified atom stereocenters. The average Bonchev–Trinajstić information content (AvgIpc) is 3.97. The largest absolute Gasteiger partial charge is 0.311 e. The van der Waals surface area contributed by atoms with Crippen LogP contribution in [-0.2, 0) is 15.0 Å². The van der Waals surface area contributed by atoms with E-state index in [1.165, 1.54) is 22.3 Å². The number of carbonyl (C=O) groups excluding carboxylic acids is 2. The number of carbonyl (C=O) groups is 2. The molecule has 0 radical (unpaired) electrons. The Hall–Kier alpha value is -8.08. The fraction of sp³-hybridized carbons (Fsp3) is 0.233. The number of rotatable bonds is 23. The van der Waals surface area contributed by atoms with E-state index in [0.717, 1.165) is 143 Å². The van der Waals surface area contributed by atoms with Crippen molar-refractivity contribution in [2.24, 2.45) is 0 Å². The summed E-state index contributed by atoms with van der Waals surface area (Å²) in [6, 6.07) is 77.6. The van der Waals surface area contributed by atoms with Gasteiger partial charge in [-0.1, -0.05) is 210 Å². The minimum Gasteiger partial charge on any atom is -0.311 e. The number of benzene rings is 9. The summed E-state index contributed by atoms with van der Waals surface area (Å²) in [6.07, 6.45) is 10.9. The Balaban J connectivity index is 1.04. The Labute approximate surface area is 458 Å². The average molecular weight is 1010 g/mol. The summed E-state index contributed by atoms with van der Waals surface area (Å²) < 4.78 is 0. The Kier molecular flexibility index (Phi) is 16.5. The Morgan fingerprint density at radius 3 is 0.974 bits per heavy atom. The molecule has 1 aliphatic rings. The number of nitrogens with zero attached hydrogens (tertiary/aromatic N) is 2. The van der Waals surface area contributed by atoms with Crippen molar-refractivity contribution in [2.75, 3.05) is 9.80 Å². The van der Waals surface area contributed by atoms with Gasteiger partial charge in [-0.2, -0.15) is 0 Å². The number of unbranched alkanes of at least 4 members (excludes halogenated alkanes) is 8. The standard InChI is InChI=1S/C73H72N2O2/c1-5-7-9-11-19-25-71(76)73(72(77)26-20-12-10-8-6-2)69-51-59(57-35-45-65(46-36-57)74(61-21-15-13-16-22-61)63-41-29-54(4)30-42-63)39-49-67(69)68-50-40-60(52-70(68)73)58-37-47-66(48-38-58)75(62-23-17-14-18-24-62)64-43-33-56(34-44-64)55-31-27-53(3)28-32-55/h13-18,21-24,27-52H,5-12,19-20,25-26H2,1-4H3. The Bertz CT molecular complexity index is 3370. The number of Topliss-reactive ketones (excluding diaryl/α,β-unsaturated/α-hetero) is 2. The molecule has 0 fully saturated rings. The fourth-order valence-corrected chi connectivity index (χ4v) is 11.5. The van der Waals surface area contributed by atoms with Crippen LogP contribution in [-0.4, -0.2) is 11.6 Å². The van der Waals surface area contributed by atoms with Gasteiger partial charge in [-0.25, -0.2) is 0 Å². The van der Waals surface area contributed by atoms with Gasteiger partial charge < -0.3 is 9.80 Å². The minimum absolute atomic E-state index is 0.0241. The van der Waals surface area contributed by atoms with Crippen molar-refractivity contribution in [1.82, 2.24) is 0 Å². The van der Waals surface area contributed by atoms with Crippen molar-refractivity contribution in [3.63, 3.8) is 0 Å². The van der Waals surface area contributed by atoms with Crippen LogP contribution < -0.4 is 9.80 Å². The van der Waals surface area contributed by atoms with Crippen LogP contribution in [0.4, 0.5) is 34.1 Å². The van der Waals surface area contributed by atoms with E-state index in [9.17, 15) is 0 Å². The predicted octanol–water partition coefficient (Wildman–Crippen LogP) is 20.4. The number of aryl methyl sites for hydroxylation is 2. The van der Waals surface area contributed by atoms with Crippen molar-refractivity contribution in [2.45, 2.75) is 110 Å². The van der Waals surface area contributed by atoms with Crippen LogP contribution in [0.25, 0.3) is 44.5 Å². The highest BCUT2D eigenvalue weighted by atomic mass is 16.2. The van der Waals surface area contributed by atoms with Crippen molar-refractivity contribution in [3.8, 4) is 44.5 Å². The summed E-state index contributed by atoms with van der Waals surface area (Å²) in [5.74, 6) is 0.0482. The first-order chi connectivity index (χ1) is 37.8. The fourth-order valence-electron chi connectivity index (χ4n) is 11.5. The first kappa shape index (κ1) is 52.4. The van der Waals surface area contributed by atoms with E-state index >= 15 is 9.59 Å². The third kappa shape index (κ3) is 11.3. The van der Waals surface area contributed by atoms with Gasteiger partial charge in [-0.05, 0) is 167 Å². The summed E-state index contributed by atoms with van der Waals surface area (Å²) in [7, 11) is 0. The second-order valence-electron chi connectivity index (χ2n) is 21.1.